The van der Waals surface area contributed by atoms with Gasteiger partial charge in [0.1, 0.15) is 0 Å². The lowest BCUT2D eigenvalue weighted by Gasteiger charge is -2.37. The number of esters is 1. The molecular weight excluding hydrogens is 508 g/mol. The quantitative estimate of drug-likeness (QED) is 0.296. The molecular formula is C27H26N4O6S. The standard InChI is InChI=1S/C27H26N4O6S/c1-2-37-26(33)23-24(18-7-4-3-5-8-18)28-27-30(25(23)19-9-6-10-20(15-19)31(34)35)21(17-38-27)16-22(32)29-11-13-36-14-12-29/h3-10,15,17,25H,2,11-14,16H2,1H3. The molecule has 3 aliphatic heterocycles. The molecule has 5 rings (SSSR count). The topological polar surface area (TPSA) is 115 Å². The Balaban J connectivity index is 1.63. The highest BCUT2D eigenvalue weighted by Crippen LogP contribution is 2.47. The van der Waals surface area contributed by atoms with Crippen LogP contribution in [0.15, 0.2) is 76.3 Å². The van der Waals surface area contributed by atoms with Crippen LogP contribution in [-0.4, -0.2) is 64.7 Å². The second kappa shape index (κ2) is 11.2. The van der Waals surface area contributed by atoms with Crippen LogP contribution in [0, 0.1) is 10.1 Å². The van der Waals surface area contributed by atoms with Crippen LogP contribution < -0.4 is 0 Å². The summed E-state index contributed by atoms with van der Waals surface area (Å²) in [7, 11) is 0. The van der Waals surface area contributed by atoms with E-state index in [1.54, 1.807) is 24.0 Å². The molecule has 0 spiro atoms. The van der Waals surface area contributed by atoms with E-state index in [2.05, 4.69) is 0 Å². The number of amidine groups is 1. The number of carbonyl (C=O) groups is 2. The van der Waals surface area contributed by atoms with Crippen LogP contribution in [0.1, 0.15) is 30.5 Å². The first-order valence-electron chi connectivity index (χ1n) is 12.3. The van der Waals surface area contributed by atoms with Crippen molar-refractivity contribution < 1.29 is 24.0 Å². The minimum absolute atomic E-state index is 0.0605. The lowest BCUT2D eigenvalue weighted by Crippen LogP contribution is -2.42. The van der Waals surface area contributed by atoms with Gasteiger partial charge in [-0.15, -0.1) is 0 Å². The van der Waals surface area contributed by atoms with E-state index in [1.165, 1.54) is 23.9 Å². The Morgan fingerprint density at radius 3 is 2.63 bits per heavy atom. The van der Waals surface area contributed by atoms with Crippen LogP contribution in [0.4, 0.5) is 5.69 Å². The van der Waals surface area contributed by atoms with E-state index in [9.17, 15) is 19.7 Å². The van der Waals surface area contributed by atoms with Crippen molar-refractivity contribution >= 4 is 40.2 Å². The largest absolute Gasteiger partial charge is 0.463 e. The van der Waals surface area contributed by atoms with E-state index in [0.717, 1.165) is 5.56 Å². The predicted octanol–water partition coefficient (Wildman–Crippen LogP) is 4.12. The fourth-order valence-electron chi connectivity index (χ4n) is 4.69. The fourth-order valence-corrected chi connectivity index (χ4v) is 5.61. The molecule has 1 atom stereocenters. The Morgan fingerprint density at radius 2 is 1.92 bits per heavy atom. The van der Waals surface area contributed by atoms with Gasteiger partial charge in [0.05, 0.1) is 48.5 Å². The molecule has 0 aliphatic carbocycles. The van der Waals surface area contributed by atoms with Crippen molar-refractivity contribution in [2.75, 3.05) is 32.9 Å². The number of carbonyl (C=O) groups excluding carboxylic acids is 2. The summed E-state index contributed by atoms with van der Waals surface area (Å²) in [5.74, 6) is -0.629. The van der Waals surface area contributed by atoms with Crippen LogP contribution >= 0.6 is 11.8 Å². The summed E-state index contributed by atoms with van der Waals surface area (Å²) < 4.78 is 10.9. The Morgan fingerprint density at radius 1 is 1.16 bits per heavy atom. The number of amides is 1. The Kier molecular flexibility index (Phi) is 7.57. The van der Waals surface area contributed by atoms with E-state index in [4.69, 9.17) is 14.5 Å². The van der Waals surface area contributed by atoms with Crippen molar-refractivity contribution in [2.24, 2.45) is 4.99 Å². The van der Waals surface area contributed by atoms with Gasteiger partial charge in [0, 0.05) is 36.5 Å². The highest BCUT2D eigenvalue weighted by Gasteiger charge is 2.43. The smallest absolute Gasteiger partial charge is 0.338 e. The van der Waals surface area contributed by atoms with Crippen molar-refractivity contribution in [3.05, 3.63) is 92.5 Å². The molecule has 11 heteroatoms. The number of benzene rings is 2. The zero-order valence-corrected chi connectivity index (χ0v) is 21.6. The summed E-state index contributed by atoms with van der Waals surface area (Å²) in [4.78, 5) is 46.3. The Labute approximate surface area is 223 Å². The van der Waals surface area contributed by atoms with Gasteiger partial charge in [-0.2, -0.15) is 0 Å². The van der Waals surface area contributed by atoms with E-state index in [-0.39, 0.29) is 30.2 Å². The zero-order chi connectivity index (χ0) is 26.6. The SMILES string of the molecule is CCOC(=O)C1=C(c2ccccc2)N=C2SC=C(CC(=O)N3CCOCC3)N2C1c1cccc([N+](=O)[O-])c1. The molecule has 2 aromatic rings. The summed E-state index contributed by atoms with van der Waals surface area (Å²) in [6.45, 7) is 3.88. The molecule has 0 aromatic heterocycles. The minimum Gasteiger partial charge on any atom is -0.463 e. The van der Waals surface area contributed by atoms with Crippen molar-refractivity contribution in [3.8, 4) is 0 Å². The van der Waals surface area contributed by atoms with Crippen LogP contribution in [0.3, 0.4) is 0 Å². The van der Waals surface area contributed by atoms with Gasteiger partial charge in [-0.05, 0) is 17.9 Å². The lowest BCUT2D eigenvalue weighted by atomic mass is 9.91. The Bertz CT molecular complexity index is 1350. The number of ether oxygens (including phenoxy) is 2. The number of non-ortho nitro benzene ring substituents is 1. The minimum atomic E-state index is -0.782. The van der Waals surface area contributed by atoms with Gasteiger partial charge in [-0.3, -0.25) is 14.9 Å². The highest BCUT2D eigenvalue weighted by molar-refractivity contribution is 8.16. The van der Waals surface area contributed by atoms with Gasteiger partial charge in [-0.25, -0.2) is 9.79 Å². The predicted molar refractivity (Wildman–Crippen MR) is 143 cm³/mol. The number of nitro groups is 1. The number of hydrogen-bond acceptors (Lipinski definition) is 9. The molecule has 3 aliphatic rings. The van der Waals surface area contributed by atoms with Gasteiger partial charge in [0.25, 0.3) is 5.69 Å². The molecule has 1 saturated heterocycles. The van der Waals surface area contributed by atoms with Crippen molar-refractivity contribution in [1.82, 2.24) is 9.80 Å². The number of thioether (sulfide) groups is 1. The monoisotopic (exact) mass is 534 g/mol. The Hall–Kier alpha value is -3.96. The third-order valence-corrected chi connectivity index (χ3v) is 7.33. The van der Waals surface area contributed by atoms with Gasteiger partial charge < -0.3 is 19.3 Å². The van der Waals surface area contributed by atoms with Crippen LogP contribution in [0.2, 0.25) is 0 Å². The van der Waals surface area contributed by atoms with Crippen molar-refractivity contribution in [3.63, 3.8) is 0 Å². The number of hydrogen-bond donors (Lipinski definition) is 0. The molecule has 3 heterocycles. The van der Waals surface area contributed by atoms with Crippen molar-refractivity contribution in [2.45, 2.75) is 19.4 Å². The van der Waals surface area contributed by atoms with Crippen LogP contribution in [-0.2, 0) is 19.1 Å². The van der Waals surface area contributed by atoms with Gasteiger partial charge >= 0.3 is 5.97 Å². The molecule has 0 N–H and O–H groups in total. The zero-order valence-electron chi connectivity index (χ0n) is 20.7. The average Bonchev–Trinajstić information content (AvgIpc) is 3.35. The molecule has 0 saturated carbocycles. The summed E-state index contributed by atoms with van der Waals surface area (Å²) in [6.07, 6.45) is 0.0915. The van der Waals surface area contributed by atoms with Crippen LogP contribution in [0.5, 0.6) is 0 Å². The third-order valence-electron chi connectivity index (χ3n) is 6.45. The first-order chi connectivity index (χ1) is 18.5. The lowest BCUT2D eigenvalue weighted by molar-refractivity contribution is -0.384. The number of rotatable bonds is 7. The number of fused-ring (bicyclic) bond motifs is 1. The van der Waals surface area contributed by atoms with E-state index in [0.29, 0.717) is 48.4 Å². The molecule has 0 bridgehead atoms. The fraction of sp³-hybridized carbons (Fsp3) is 0.296. The summed E-state index contributed by atoms with van der Waals surface area (Å²) in [6, 6.07) is 14.7. The molecule has 10 nitrogen and oxygen atoms in total. The van der Waals surface area contributed by atoms with Gasteiger partial charge in [0.15, 0.2) is 5.17 Å². The maximum absolute atomic E-state index is 13.5. The normalized spacial score (nSPS) is 19.0. The maximum Gasteiger partial charge on any atom is 0.338 e. The first kappa shape index (κ1) is 25.7. The average molecular weight is 535 g/mol. The summed E-state index contributed by atoms with van der Waals surface area (Å²) in [5.41, 5.74) is 2.50. The first-order valence-corrected chi connectivity index (χ1v) is 13.2. The highest BCUT2D eigenvalue weighted by atomic mass is 32.2. The molecule has 38 heavy (non-hydrogen) atoms. The van der Waals surface area contributed by atoms with Gasteiger partial charge in [-0.1, -0.05) is 54.2 Å². The van der Waals surface area contributed by atoms with E-state index >= 15 is 0 Å². The number of nitro benzene ring substituents is 1. The van der Waals surface area contributed by atoms with Gasteiger partial charge in [0.2, 0.25) is 5.91 Å². The second-order valence-corrected chi connectivity index (χ2v) is 9.60. The van der Waals surface area contributed by atoms with Crippen LogP contribution in [0.25, 0.3) is 5.70 Å². The molecule has 1 fully saturated rings. The molecule has 1 unspecified atom stereocenters. The summed E-state index contributed by atoms with van der Waals surface area (Å²) in [5, 5.41) is 14.1. The molecule has 2 aromatic carbocycles. The van der Waals surface area contributed by atoms with Crippen molar-refractivity contribution in [1.29, 1.82) is 0 Å². The number of nitrogens with zero attached hydrogens (tertiary/aromatic N) is 4. The maximum atomic E-state index is 13.5. The van der Waals surface area contributed by atoms with E-state index in [1.807, 2.05) is 40.6 Å². The molecule has 1 amide bonds. The number of morpholine rings is 1. The number of aliphatic imine (C=N–C) groups is 1. The second-order valence-electron chi connectivity index (χ2n) is 8.76. The molecule has 0 radical (unpaired) electrons. The summed E-state index contributed by atoms with van der Waals surface area (Å²) >= 11 is 1.36. The van der Waals surface area contributed by atoms with E-state index < -0.39 is 16.9 Å². The third kappa shape index (κ3) is 5.07. The molecule has 196 valence electrons.